The first-order chi connectivity index (χ1) is 3.79. The summed E-state index contributed by atoms with van der Waals surface area (Å²) >= 11 is 0. The number of hydrogen-bond donors (Lipinski definition) is 2. The van der Waals surface area contributed by atoms with Crippen molar-refractivity contribution < 1.29 is 14.6 Å². The van der Waals surface area contributed by atoms with Gasteiger partial charge in [-0.25, -0.2) is 4.79 Å². The first-order valence-electron chi connectivity index (χ1n) is 2.42. The molecule has 0 aliphatic carbocycles. The van der Waals surface area contributed by atoms with Crippen LogP contribution in [-0.4, -0.2) is 24.0 Å². The zero-order valence-electron chi connectivity index (χ0n) is 4.26. The Labute approximate surface area is 46.4 Å². The lowest BCUT2D eigenvalue weighted by Gasteiger charge is -2.25. The zero-order chi connectivity index (χ0) is 5.98. The molecule has 1 saturated heterocycles. The largest absolute Gasteiger partial charge is 0.507 e. The summed E-state index contributed by atoms with van der Waals surface area (Å²) in [5.41, 5.74) is 0. The maximum absolute atomic E-state index is 9.74. The Kier molecular flexibility index (Phi) is 1.34. The zero-order valence-corrected chi connectivity index (χ0v) is 4.26. The number of carbonyl (C=O) groups is 1. The van der Waals surface area contributed by atoms with E-state index in [1.165, 1.54) is 0 Å². The minimum Gasteiger partial charge on any atom is -0.450 e. The van der Waals surface area contributed by atoms with E-state index in [4.69, 9.17) is 5.11 Å². The lowest BCUT2D eigenvalue weighted by molar-refractivity contribution is 0.00553. The number of nitrogens with one attached hydrogen (secondary N) is 1. The third kappa shape index (κ3) is 1.10. The van der Waals surface area contributed by atoms with Crippen molar-refractivity contribution in [1.82, 2.24) is 5.32 Å². The maximum Gasteiger partial charge on any atom is 0.507 e. The summed E-state index contributed by atoms with van der Waals surface area (Å²) in [7, 11) is 0. The molecule has 1 fully saturated rings. The van der Waals surface area contributed by atoms with E-state index in [0.29, 0.717) is 0 Å². The Bertz CT molecular complexity index is 99.5. The SMILES string of the molecule is O=C(O)O[C@H]1CCN1. The summed E-state index contributed by atoms with van der Waals surface area (Å²) in [6, 6.07) is 0. The predicted octanol–water partition coefficient (Wildman–Crippen LogP) is 0.000400. The molecule has 1 rings (SSSR count). The van der Waals surface area contributed by atoms with Crippen LogP contribution in [0.3, 0.4) is 0 Å². The van der Waals surface area contributed by atoms with Crippen LogP contribution in [-0.2, 0) is 4.74 Å². The molecular formula is C4H7NO3. The lowest BCUT2D eigenvalue weighted by atomic mass is 10.2. The lowest BCUT2D eigenvalue weighted by Crippen LogP contribution is -2.45. The molecule has 0 radical (unpaired) electrons. The van der Waals surface area contributed by atoms with Crippen LogP contribution >= 0.6 is 0 Å². The molecule has 0 spiro atoms. The van der Waals surface area contributed by atoms with Crippen LogP contribution in [0.25, 0.3) is 0 Å². The minimum absolute atomic E-state index is 0.243. The number of hydrogen-bond acceptors (Lipinski definition) is 3. The summed E-state index contributed by atoms with van der Waals surface area (Å²) in [4.78, 5) is 9.74. The summed E-state index contributed by atoms with van der Waals surface area (Å²) in [6.45, 7) is 0.859. The van der Waals surface area contributed by atoms with Crippen LogP contribution in [0.1, 0.15) is 6.42 Å². The molecule has 0 amide bonds. The van der Waals surface area contributed by atoms with Crippen molar-refractivity contribution in [3.8, 4) is 0 Å². The first kappa shape index (κ1) is 5.37. The van der Waals surface area contributed by atoms with Gasteiger partial charge < -0.3 is 9.84 Å². The normalized spacial score (nSPS) is 26.2. The summed E-state index contributed by atoms with van der Waals surface area (Å²) in [5.74, 6) is 0. The highest BCUT2D eigenvalue weighted by molar-refractivity contribution is 5.57. The van der Waals surface area contributed by atoms with E-state index in [0.717, 1.165) is 13.0 Å². The Hall–Kier alpha value is -0.770. The summed E-state index contributed by atoms with van der Waals surface area (Å²) < 4.78 is 4.29. The Morgan fingerprint density at radius 1 is 1.88 bits per heavy atom. The van der Waals surface area contributed by atoms with Crippen LogP contribution < -0.4 is 5.32 Å². The molecule has 0 aromatic rings. The molecule has 8 heavy (non-hydrogen) atoms. The van der Waals surface area contributed by atoms with Gasteiger partial charge in [0.25, 0.3) is 0 Å². The van der Waals surface area contributed by atoms with E-state index in [-0.39, 0.29) is 6.23 Å². The van der Waals surface area contributed by atoms with E-state index in [2.05, 4.69) is 10.1 Å². The monoisotopic (exact) mass is 117 g/mol. The molecule has 1 aliphatic rings. The molecule has 4 heteroatoms. The second-order valence-corrected chi connectivity index (χ2v) is 1.62. The molecule has 1 aliphatic heterocycles. The van der Waals surface area contributed by atoms with Crippen LogP contribution in [0, 0.1) is 0 Å². The molecule has 2 N–H and O–H groups in total. The second kappa shape index (κ2) is 2.00. The predicted molar refractivity (Wildman–Crippen MR) is 25.5 cm³/mol. The number of carboxylic acid groups (broad SMARTS) is 1. The third-order valence-electron chi connectivity index (χ3n) is 1.02. The molecule has 0 saturated carbocycles. The van der Waals surface area contributed by atoms with Gasteiger partial charge in [-0.2, -0.15) is 0 Å². The van der Waals surface area contributed by atoms with E-state index < -0.39 is 6.16 Å². The second-order valence-electron chi connectivity index (χ2n) is 1.62. The molecule has 0 bridgehead atoms. The topological polar surface area (TPSA) is 58.6 Å². The van der Waals surface area contributed by atoms with Crippen molar-refractivity contribution in [3.63, 3.8) is 0 Å². The fourth-order valence-corrected chi connectivity index (χ4v) is 0.484. The van der Waals surface area contributed by atoms with Gasteiger partial charge in [-0.1, -0.05) is 0 Å². The maximum atomic E-state index is 9.74. The van der Waals surface area contributed by atoms with Crippen LogP contribution in [0.5, 0.6) is 0 Å². The summed E-state index contributed by atoms with van der Waals surface area (Å²) in [6.07, 6.45) is -0.651. The number of rotatable bonds is 1. The molecule has 0 aromatic carbocycles. The Morgan fingerprint density at radius 3 is 2.62 bits per heavy atom. The third-order valence-corrected chi connectivity index (χ3v) is 1.02. The van der Waals surface area contributed by atoms with Crippen LogP contribution in [0.2, 0.25) is 0 Å². The van der Waals surface area contributed by atoms with E-state index >= 15 is 0 Å². The first-order valence-corrected chi connectivity index (χ1v) is 2.42. The van der Waals surface area contributed by atoms with Crippen molar-refractivity contribution in [3.05, 3.63) is 0 Å². The molecule has 0 unspecified atom stereocenters. The minimum atomic E-state index is -1.21. The van der Waals surface area contributed by atoms with Gasteiger partial charge in [0, 0.05) is 13.0 Å². The van der Waals surface area contributed by atoms with Gasteiger partial charge in [-0.3, -0.25) is 5.32 Å². The van der Waals surface area contributed by atoms with Crippen molar-refractivity contribution in [2.45, 2.75) is 12.6 Å². The molecule has 0 aromatic heterocycles. The number of ether oxygens (including phenoxy) is 1. The van der Waals surface area contributed by atoms with Crippen molar-refractivity contribution >= 4 is 6.16 Å². The van der Waals surface area contributed by atoms with Crippen molar-refractivity contribution in [2.24, 2.45) is 0 Å². The van der Waals surface area contributed by atoms with Gasteiger partial charge in [0.15, 0.2) is 6.23 Å². The van der Waals surface area contributed by atoms with Gasteiger partial charge in [0.2, 0.25) is 0 Å². The molecule has 1 heterocycles. The summed E-state index contributed by atoms with van der Waals surface area (Å²) in [5, 5.41) is 10.8. The van der Waals surface area contributed by atoms with Gasteiger partial charge >= 0.3 is 6.16 Å². The van der Waals surface area contributed by atoms with Gasteiger partial charge in [-0.15, -0.1) is 0 Å². The quantitative estimate of drug-likeness (QED) is 0.474. The highest BCUT2D eigenvalue weighted by Crippen LogP contribution is 2.02. The van der Waals surface area contributed by atoms with Gasteiger partial charge in [0.05, 0.1) is 0 Å². The van der Waals surface area contributed by atoms with Crippen LogP contribution in [0.4, 0.5) is 4.79 Å². The standard InChI is InChI=1S/C4H7NO3/c6-4(7)8-3-1-2-5-3/h3,5H,1-2H2,(H,6,7)/t3-/m0/s1. The van der Waals surface area contributed by atoms with E-state index in [1.807, 2.05) is 0 Å². The van der Waals surface area contributed by atoms with Gasteiger partial charge in [0.1, 0.15) is 0 Å². The fourth-order valence-electron chi connectivity index (χ4n) is 0.484. The van der Waals surface area contributed by atoms with Crippen LogP contribution in [0.15, 0.2) is 0 Å². The average Bonchev–Trinajstić information content (AvgIpc) is 1.55. The fraction of sp³-hybridized carbons (Fsp3) is 0.750. The van der Waals surface area contributed by atoms with E-state index in [1.54, 1.807) is 0 Å². The molecule has 4 nitrogen and oxygen atoms in total. The molecule has 1 atom stereocenters. The average molecular weight is 117 g/mol. The highest BCUT2D eigenvalue weighted by Gasteiger charge is 2.19. The highest BCUT2D eigenvalue weighted by atomic mass is 16.7. The molecule has 46 valence electrons. The Morgan fingerprint density at radius 2 is 2.50 bits per heavy atom. The Balaban J connectivity index is 2.09. The smallest absolute Gasteiger partial charge is 0.450 e. The van der Waals surface area contributed by atoms with Gasteiger partial charge in [-0.05, 0) is 0 Å². The van der Waals surface area contributed by atoms with Crippen molar-refractivity contribution in [2.75, 3.05) is 6.54 Å². The van der Waals surface area contributed by atoms with Crippen molar-refractivity contribution in [1.29, 1.82) is 0 Å². The molecular weight excluding hydrogens is 110 g/mol. The van der Waals surface area contributed by atoms with E-state index in [9.17, 15) is 4.79 Å².